The van der Waals surface area contributed by atoms with Crippen molar-refractivity contribution >= 4 is 23.0 Å². The van der Waals surface area contributed by atoms with Crippen molar-refractivity contribution in [1.82, 2.24) is 5.32 Å². The number of methoxy groups -OCH3 is 1. The maximum Gasteiger partial charge on any atom is 0.120 e. The van der Waals surface area contributed by atoms with Crippen LogP contribution in [-0.4, -0.2) is 21.2 Å². The number of nitrogens with zero attached hydrogens (tertiary/aromatic N) is 1. The smallest absolute Gasteiger partial charge is 0.120 e. The van der Waals surface area contributed by atoms with Gasteiger partial charge in [0.05, 0.1) is 7.11 Å². The highest BCUT2D eigenvalue weighted by atomic mass is 35.5. The lowest BCUT2D eigenvalue weighted by molar-refractivity contribution is 0.415. The Labute approximate surface area is 125 Å². The molecular weight excluding hydrogens is 272 g/mol. The van der Waals surface area contributed by atoms with Gasteiger partial charge in [0.15, 0.2) is 0 Å². The third kappa shape index (κ3) is 3.24. The number of ether oxygens (including phenoxy) is 1. The number of hydrogen-bond acceptors (Lipinski definition) is 3. The Bertz CT molecular complexity index is 586. The fraction of sp³-hybridized carbons (Fsp3) is 0.250. The van der Waals surface area contributed by atoms with Gasteiger partial charge in [-0.05, 0) is 36.9 Å². The van der Waals surface area contributed by atoms with Gasteiger partial charge in [0.25, 0.3) is 0 Å². The molecule has 0 amide bonds. The summed E-state index contributed by atoms with van der Waals surface area (Å²) in [7, 11) is 5.59. The third-order valence-corrected chi connectivity index (χ3v) is 3.58. The lowest BCUT2D eigenvalue weighted by Gasteiger charge is -2.21. The second kappa shape index (κ2) is 6.64. The van der Waals surface area contributed by atoms with Gasteiger partial charge in [0.1, 0.15) is 5.75 Å². The molecule has 0 aliphatic carbocycles. The fourth-order valence-corrected chi connectivity index (χ4v) is 2.29. The summed E-state index contributed by atoms with van der Waals surface area (Å²) in [5, 5.41) is 3.88. The van der Waals surface area contributed by atoms with Crippen LogP contribution in [0.25, 0.3) is 0 Å². The number of halogens is 1. The van der Waals surface area contributed by atoms with Crippen molar-refractivity contribution in [2.75, 3.05) is 26.1 Å². The van der Waals surface area contributed by atoms with Gasteiger partial charge in [-0.2, -0.15) is 0 Å². The Morgan fingerprint density at radius 3 is 2.55 bits per heavy atom. The Kier molecular flexibility index (Phi) is 4.88. The van der Waals surface area contributed by atoms with Crippen molar-refractivity contribution in [3.8, 4) is 5.75 Å². The van der Waals surface area contributed by atoms with Crippen LogP contribution in [0.2, 0.25) is 5.02 Å². The molecule has 0 atom stereocenters. The van der Waals surface area contributed by atoms with Crippen LogP contribution in [0.1, 0.15) is 5.56 Å². The summed E-state index contributed by atoms with van der Waals surface area (Å²) in [5.74, 6) is 0.840. The normalized spacial score (nSPS) is 10.4. The summed E-state index contributed by atoms with van der Waals surface area (Å²) in [6.45, 7) is 0.766. The molecular formula is C16H19ClN2O. The molecule has 0 aliphatic heterocycles. The van der Waals surface area contributed by atoms with Gasteiger partial charge in [0.2, 0.25) is 0 Å². The van der Waals surface area contributed by atoms with Gasteiger partial charge in [-0.15, -0.1) is 0 Å². The molecule has 1 N–H and O–H groups in total. The monoisotopic (exact) mass is 290 g/mol. The maximum atomic E-state index is 6.31. The SMILES string of the molecule is CNCc1ccc(N(C)c2cccc(OC)c2)cc1Cl. The first-order valence-corrected chi connectivity index (χ1v) is 6.84. The van der Waals surface area contributed by atoms with Crippen LogP contribution in [0.15, 0.2) is 42.5 Å². The highest BCUT2D eigenvalue weighted by molar-refractivity contribution is 6.31. The molecule has 0 spiro atoms. The molecule has 0 fully saturated rings. The third-order valence-electron chi connectivity index (χ3n) is 3.23. The molecule has 0 saturated heterocycles. The second-order valence-electron chi connectivity index (χ2n) is 4.57. The average Bonchev–Trinajstić information content (AvgIpc) is 2.49. The number of benzene rings is 2. The predicted octanol–water partition coefficient (Wildman–Crippen LogP) is 3.84. The van der Waals surface area contributed by atoms with E-state index in [1.165, 1.54) is 0 Å². The Morgan fingerprint density at radius 2 is 1.90 bits per heavy atom. The van der Waals surface area contributed by atoms with Crippen LogP contribution in [0.3, 0.4) is 0 Å². The van der Waals surface area contributed by atoms with E-state index in [1.54, 1.807) is 7.11 Å². The Hall–Kier alpha value is -1.71. The van der Waals surface area contributed by atoms with Crippen LogP contribution < -0.4 is 15.0 Å². The van der Waals surface area contributed by atoms with Crippen LogP contribution in [-0.2, 0) is 6.54 Å². The van der Waals surface area contributed by atoms with Gasteiger partial charge in [0, 0.05) is 36.1 Å². The molecule has 2 aromatic rings. The molecule has 106 valence electrons. The number of rotatable bonds is 5. The zero-order chi connectivity index (χ0) is 14.5. The topological polar surface area (TPSA) is 24.5 Å². The highest BCUT2D eigenvalue weighted by Crippen LogP contribution is 2.29. The van der Waals surface area contributed by atoms with Crippen molar-refractivity contribution < 1.29 is 4.74 Å². The lowest BCUT2D eigenvalue weighted by Crippen LogP contribution is -2.10. The maximum absolute atomic E-state index is 6.31. The van der Waals surface area contributed by atoms with E-state index in [9.17, 15) is 0 Å². The second-order valence-corrected chi connectivity index (χ2v) is 4.97. The summed E-state index contributed by atoms with van der Waals surface area (Å²) < 4.78 is 5.25. The van der Waals surface area contributed by atoms with E-state index in [2.05, 4.69) is 16.3 Å². The molecule has 0 aliphatic rings. The van der Waals surface area contributed by atoms with E-state index < -0.39 is 0 Å². The van der Waals surface area contributed by atoms with E-state index in [4.69, 9.17) is 16.3 Å². The van der Waals surface area contributed by atoms with Crippen molar-refractivity contribution in [3.05, 3.63) is 53.1 Å². The predicted molar refractivity (Wildman–Crippen MR) is 85.3 cm³/mol. The minimum absolute atomic E-state index is 0.766. The fourth-order valence-electron chi connectivity index (χ4n) is 2.05. The standard InChI is InChI=1S/C16H19ClN2O/c1-18-11-12-7-8-14(10-16(12)17)19(2)13-5-4-6-15(9-13)20-3/h4-10,18H,11H2,1-3H3. The molecule has 0 radical (unpaired) electrons. The molecule has 4 heteroatoms. The van der Waals surface area contributed by atoms with Crippen LogP contribution in [0, 0.1) is 0 Å². The van der Waals surface area contributed by atoms with Gasteiger partial charge in [-0.1, -0.05) is 23.7 Å². The molecule has 0 saturated carbocycles. The molecule has 20 heavy (non-hydrogen) atoms. The summed E-state index contributed by atoms with van der Waals surface area (Å²) in [4.78, 5) is 2.08. The highest BCUT2D eigenvalue weighted by Gasteiger charge is 2.07. The van der Waals surface area contributed by atoms with Crippen molar-refractivity contribution in [2.24, 2.45) is 0 Å². The molecule has 0 aromatic heterocycles. The summed E-state index contributed by atoms with van der Waals surface area (Å²) in [6, 6.07) is 14.0. The van der Waals surface area contributed by atoms with Crippen LogP contribution in [0.5, 0.6) is 5.75 Å². The van der Waals surface area contributed by atoms with Gasteiger partial charge >= 0.3 is 0 Å². The van der Waals surface area contributed by atoms with E-state index in [0.717, 1.165) is 34.3 Å². The summed E-state index contributed by atoms with van der Waals surface area (Å²) in [6.07, 6.45) is 0. The van der Waals surface area contributed by atoms with Crippen molar-refractivity contribution in [1.29, 1.82) is 0 Å². The average molecular weight is 291 g/mol. The zero-order valence-corrected chi connectivity index (χ0v) is 12.7. The number of nitrogens with one attached hydrogen (secondary N) is 1. The Balaban J connectivity index is 2.28. The summed E-state index contributed by atoms with van der Waals surface area (Å²) >= 11 is 6.31. The first kappa shape index (κ1) is 14.7. The molecule has 3 nitrogen and oxygen atoms in total. The number of hydrogen-bond donors (Lipinski definition) is 1. The van der Waals surface area contributed by atoms with E-state index in [-0.39, 0.29) is 0 Å². The van der Waals surface area contributed by atoms with E-state index in [1.807, 2.05) is 50.5 Å². The van der Waals surface area contributed by atoms with Crippen LogP contribution in [0.4, 0.5) is 11.4 Å². The van der Waals surface area contributed by atoms with Gasteiger partial charge < -0.3 is 15.0 Å². The lowest BCUT2D eigenvalue weighted by atomic mass is 10.2. The minimum Gasteiger partial charge on any atom is -0.497 e. The molecule has 0 unspecified atom stereocenters. The molecule has 0 bridgehead atoms. The first-order valence-electron chi connectivity index (χ1n) is 6.46. The molecule has 2 rings (SSSR count). The van der Waals surface area contributed by atoms with E-state index >= 15 is 0 Å². The van der Waals surface area contributed by atoms with E-state index in [0.29, 0.717) is 0 Å². The largest absolute Gasteiger partial charge is 0.497 e. The summed E-state index contributed by atoms with van der Waals surface area (Å²) in [5.41, 5.74) is 3.20. The quantitative estimate of drug-likeness (QED) is 0.905. The Morgan fingerprint density at radius 1 is 1.15 bits per heavy atom. The number of anilines is 2. The van der Waals surface area contributed by atoms with Crippen molar-refractivity contribution in [2.45, 2.75) is 6.54 Å². The zero-order valence-electron chi connectivity index (χ0n) is 12.0. The van der Waals surface area contributed by atoms with Crippen LogP contribution >= 0.6 is 11.6 Å². The van der Waals surface area contributed by atoms with Crippen molar-refractivity contribution in [3.63, 3.8) is 0 Å². The molecule has 2 aromatic carbocycles. The first-order chi connectivity index (χ1) is 9.65. The minimum atomic E-state index is 0.766. The van der Waals surface area contributed by atoms with Gasteiger partial charge in [-0.25, -0.2) is 0 Å². The molecule has 0 heterocycles. The van der Waals surface area contributed by atoms with Gasteiger partial charge in [-0.3, -0.25) is 0 Å².